The summed E-state index contributed by atoms with van der Waals surface area (Å²) in [5.74, 6) is -0.218. The maximum atomic E-state index is 13.4. The molecule has 0 saturated carbocycles. The average molecular weight is 397 g/mol. The van der Waals surface area contributed by atoms with Gasteiger partial charge >= 0.3 is 0 Å². The van der Waals surface area contributed by atoms with Crippen LogP contribution in [-0.2, 0) is 6.54 Å². The quantitative estimate of drug-likeness (QED) is 0.334. The SMILES string of the molecule is Fc1cccc(Cn2ccc3cc(C=Nc4ccc(Cl)c(Cl)c4)ccc32)c1. The van der Waals surface area contributed by atoms with Gasteiger partial charge < -0.3 is 4.57 Å². The number of aliphatic imine (C=N–C) groups is 1. The van der Waals surface area contributed by atoms with Gasteiger partial charge in [0.05, 0.1) is 15.7 Å². The third-order valence-corrected chi connectivity index (χ3v) is 5.04. The molecule has 27 heavy (non-hydrogen) atoms. The molecule has 0 N–H and O–H groups in total. The van der Waals surface area contributed by atoms with Gasteiger partial charge in [0.1, 0.15) is 5.82 Å². The molecule has 1 aromatic heterocycles. The van der Waals surface area contributed by atoms with Gasteiger partial charge in [-0.1, -0.05) is 41.4 Å². The van der Waals surface area contributed by atoms with Crippen LogP contribution in [0.2, 0.25) is 10.0 Å². The zero-order chi connectivity index (χ0) is 18.8. The van der Waals surface area contributed by atoms with E-state index in [1.807, 2.05) is 36.5 Å². The molecule has 0 fully saturated rings. The Hall–Kier alpha value is -2.62. The Morgan fingerprint density at radius 3 is 2.63 bits per heavy atom. The second kappa shape index (κ2) is 7.55. The molecular weight excluding hydrogens is 382 g/mol. The zero-order valence-electron chi connectivity index (χ0n) is 14.2. The third-order valence-electron chi connectivity index (χ3n) is 4.30. The summed E-state index contributed by atoms with van der Waals surface area (Å²) in [6, 6.07) is 20.1. The van der Waals surface area contributed by atoms with E-state index in [2.05, 4.69) is 15.6 Å². The van der Waals surface area contributed by atoms with Gasteiger partial charge in [0.25, 0.3) is 0 Å². The number of hydrogen-bond donors (Lipinski definition) is 0. The van der Waals surface area contributed by atoms with Crippen molar-refractivity contribution in [3.63, 3.8) is 0 Å². The van der Waals surface area contributed by atoms with Crippen molar-refractivity contribution in [2.45, 2.75) is 6.54 Å². The molecule has 0 spiro atoms. The Bertz CT molecular complexity index is 1150. The highest BCUT2D eigenvalue weighted by Crippen LogP contribution is 2.26. The molecule has 0 aliphatic heterocycles. The highest BCUT2D eigenvalue weighted by molar-refractivity contribution is 6.42. The molecule has 0 bridgehead atoms. The lowest BCUT2D eigenvalue weighted by atomic mass is 10.1. The molecule has 0 saturated heterocycles. The number of fused-ring (bicyclic) bond motifs is 1. The third kappa shape index (κ3) is 4.05. The van der Waals surface area contributed by atoms with Crippen LogP contribution < -0.4 is 0 Å². The fourth-order valence-electron chi connectivity index (χ4n) is 2.98. The second-order valence-corrected chi connectivity index (χ2v) is 7.06. The number of benzene rings is 3. The van der Waals surface area contributed by atoms with E-state index < -0.39 is 0 Å². The van der Waals surface area contributed by atoms with Crippen LogP contribution in [0.25, 0.3) is 10.9 Å². The van der Waals surface area contributed by atoms with Crippen molar-refractivity contribution in [1.82, 2.24) is 4.57 Å². The van der Waals surface area contributed by atoms with Gasteiger partial charge in [-0.25, -0.2) is 4.39 Å². The summed E-state index contributed by atoms with van der Waals surface area (Å²) in [6.45, 7) is 0.623. The smallest absolute Gasteiger partial charge is 0.123 e. The van der Waals surface area contributed by atoms with Crippen molar-refractivity contribution in [2.24, 2.45) is 4.99 Å². The number of aromatic nitrogens is 1. The second-order valence-electron chi connectivity index (χ2n) is 6.25. The van der Waals surface area contributed by atoms with Crippen LogP contribution >= 0.6 is 23.2 Å². The summed E-state index contributed by atoms with van der Waals surface area (Å²) >= 11 is 11.9. The van der Waals surface area contributed by atoms with Crippen molar-refractivity contribution in [3.05, 3.63) is 99.9 Å². The molecule has 0 unspecified atom stereocenters. The van der Waals surface area contributed by atoms with Crippen molar-refractivity contribution < 1.29 is 4.39 Å². The van der Waals surface area contributed by atoms with Gasteiger partial charge in [0.2, 0.25) is 0 Å². The fraction of sp³-hybridized carbons (Fsp3) is 0.0455. The van der Waals surface area contributed by atoms with Crippen LogP contribution in [0.15, 0.2) is 77.9 Å². The molecule has 2 nitrogen and oxygen atoms in total. The minimum Gasteiger partial charge on any atom is -0.343 e. The van der Waals surface area contributed by atoms with Gasteiger partial charge in [-0.3, -0.25) is 4.99 Å². The van der Waals surface area contributed by atoms with E-state index in [0.29, 0.717) is 16.6 Å². The molecule has 4 rings (SSSR count). The van der Waals surface area contributed by atoms with E-state index >= 15 is 0 Å². The van der Waals surface area contributed by atoms with E-state index in [-0.39, 0.29) is 5.82 Å². The van der Waals surface area contributed by atoms with Gasteiger partial charge in [0.15, 0.2) is 0 Å². The summed E-state index contributed by atoms with van der Waals surface area (Å²) in [4.78, 5) is 4.45. The lowest BCUT2D eigenvalue weighted by Crippen LogP contribution is -1.98. The number of rotatable bonds is 4. The topological polar surface area (TPSA) is 17.3 Å². The van der Waals surface area contributed by atoms with Gasteiger partial charge in [-0.05, 0) is 59.7 Å². The number of nitrogens with zero attached hydrogens (tertiary/aromatic N) is 2. The molecule has 0 radical (unpaired) electrons. The zero-order valence-corrected chi connectivity index (χ0v) is 15.8. The monoisotopic (exact) mass is 396 g/mol. The van der Waals surface area contributed by atoms with E-state index in [1.165, 1.54) is 6.07 Å². The highest BCUT2D eigenvalue weighted by atomic mass is 35.5. The predicted octanol–water partition coefficient (Wildman–Crippen LogP) is 6.89. The molecule has 0 aliphatic carbocycles. The largest absolute Gasteiger partial charge is 0.343 e. The van der Waals surface area contributed by atoms with E-state index in [9.17, 15) is 4.39 Å². The van der Waals surface area contributed by atoms with Crippen LogP contribution in [0.4, 0.5) is 10.1 Å². The normalized spacial score (nSPS) is 11.5. The van der Waals surface area contributed by atoms with E-state index in [4.69, 9.17) is 23.2 Å². The lowest BCUT2D eigenvalue weighted by Gasteiger charge is -2.06. The first-order chi connectivity index (χ1) is 13.1. The summed E-state index contributed by atoms with van der Waals surface area (Å²) in [5, 5.41) is 2.09. The Morgan fingerprint density at radius 2 is 1.81 bits per heavy atom. The summed E-state index contributed by atoms with van der Waals surface area (Å²) in [6.07, 6.45) is 3.80. The first-order valence-electron chi connectivity index (χ1n) is 8.41. The number of halogens is 3. The molecule has 4 aromatic rings. The highest BCUT2D eigenvalue weighted by Gasteiger charge is 2.04. The Labute approximate surface area is 166 Å². The number of hydrogen-bond acceptors (Lipinski definition) is 1. The summed E-state index contributed by atoms with van der Waals surface area (Å²) in [7, 11) is 0. The maximum absolute atomic E-state index is 13.4. The van der Waals surface area contributed by atoms with Crippen LogP contribution in [-0.4, -0.2) is 10.8 Å². The van der Waals surface area contributed by atoms with Crippen LogP contribution in [0, 0.1) is 5.82 Å². The van der Waals surface area contributed by atoms with E-state index in [1.54, 1.807) is 30.5 Å². The van der Waals surface area contributed by atoms with Crippen LogP contribution in [0.5, 0.6) is 0 Å². The molecule has 3 aromatic carbocycles. The predicted molar refractivity (Wildman–Crippen MR) is 111 cm³/mol. The molecule has 0 atom stereocenters. The average Bonchev–Trinajstić information content (AvgIpc) is 3.05. The first-order valence-corrected chi connectivity index (χ1v) is 9.16. The van der Waals surface area contributed by atoms with E-state index in [0.717, 1.165) is 27.7 Å². The fourth-order valence-corrected chi connectivity index (χ4v) is 3.28. The minimum absolute atomic E-state index is 0.218. The molecule has 134 valence electrons. The van der Waals surface area contributed by atoms with Crippen molar-refractivity contribution in [2.75, 3.05) is 0 Å². The molecule has 0 aliphatic rings. The van der Waals surface area contributed by atoms with Crippen LogP contribution in [0.3, 0.4) is 0 Å². The van der Waals surface area contributed by atoms with Crippen molar-refractivity contribution >= 4 is 46.0 Å². The van der Waals surface area contributed by atoms with Crippen LogP contribution in [0.1, 0.15) is 11.1 Å². The minimum atomic E-state index is -0.218. The Balaban J connectivity index is 1.58. The standard InChI is InChI=1S/C22H15Cl2FN2/c23-20-6-5-19(12-21(20)24)26-13-15-4-7-22-17(10-15)8-9-27(22)14-16-2-1-3-18(25)11-16/h1-13H,14H2. The summed E-state index contributed by atoms with van der Waals surface area (Å²) in [5.41, 5.74) is 3.74. The Morgan fingerprint density at radius 1 is 0.926 bits per heavy atom. The molecule has 1 heterocycles. The summed E-state index contributed by atoms with van der Waals surface area (Å²) < 4.78 is 15.5. The van der Waals surface area contributed by atoms with Crippen molar-refractivity contribution in [3.8, 4) is 0 Å². The van der Waals surface area contributed by atoms with Crippen molar-refractivity contribution in [1.29, 1.82) is 0 Å². The molecular formula is C22H15Cl2FN2. The molecule has 0 amide bonds. The van der Waals surface area contributed by atoms with Gasteiger partial charge in [-0.15, -0.1) is 0 Å². The lowest BCUT2D eigenvalue weighted by molar-refractivity contribution is 0.624. The first kappa shape index (κ1) is 17.8. The Kier molecular flexibility index (Phi) is 4.97. The molecule has 5 heteroatoms. The maximum Gasteiger partial charge on any atom is 0.123 e. The van der Waals surface area contributed by atoms with Gasteiger partial charge in [0, 0.05) is 29.9 Å². The van der Waals surface area contributed by atoms with Gasteiger partial charge in [-0.2, -0.15) is 0 Å².